The summed E-state index contributed by atoms with van der Waals surface area (Å²) in [7, 11) is 3.75. The molecule has 0 aliphatic carbocycles. The average Bonchev–Trinajstić information content (AvgIpc) is 3.17. The molecule has 0 unspecified atom stereocenters. The monoisotopic (exact) mass is 496 g/mol. The second kappa shape index (κ2) is 10.3. The molecule has 0 fully saturated rings. The maximum absolute atomic E-state index is 12.9. The number of nitrogens with zero attached hydrogens (tertiary/aromatic N) is 4. The molecule has 8 heteroatoms. The molecule has 0 aliphatic heterocycles. The lowest BCUT2D eigenvalue weighted by molar-refractivity contribution is -0.112. The van der Waals surface area contributed by atoms with E-state index in [1.165, 1.54) is 6.33 Å². The summed E-state index contributed by atoms with van der Waals surface area (Å²) in [5, 5.41) is 3.58. The molecule has 0 aliphatic rings. The third-order valence-corrected chi connectivity index (χ3v) is 6.21. The van der Waals surface area contributed by atoms with E-state index in [1.807, 2.05) is 67.2 Å². The number of carbonyl (C=O) groups is 2. The first-order valence-electron chi connectivity index (χ1n) is 12.1. The molecule has 2 heterocycles. The van der Waals surface area contributed by atoms with Crippen molar-refractivity contribution in [3.05, 3.63) is 72.6 Å². The van der Waals surface area contributed by atoms with E-state index in [0.717, 1.165) is 27.8 Å². The van der Waals surface area contributed by atoms with Crippen LogP contribution in [0.3, 0.4) is 0 Å². The summed E-state index contributed by atoms with van der Waals surface area (Å²) in [4.78, 5) is 35.4. The van der Waals surface area contributed by atoms with Crippen LogP contribution in [0.5, 0.6) is 0 Å². The van der Waals surface area contributed by atoms with E-state index in [4.69, 9.17) is 5.73 Å². The molecule has 190 valence electrons. The van der Waals surface area contributed by atoms with Crippen molar-refractivity contribution in [1.29, 1.82) is 0 Å². The summed E-state index contributed by atoms with van der Waals surface area (Å²) in [6.07, 6.45) is 1.45. The lowest BCUT2D eigenvalue weighted by Gasteiger charge is -2.19. The van der Waals surface area contributed by atoms with Crippen molar-refractivity contribution in [1.82, 2.24) is 19.4 Å². The highest BCUT2D eigenvalue weighted by molar-refractivity contribution is 6.08. The Labute approximate surface area is 216 Å². The van der Waals surface area contributed by atoms with Crippen LogP contribution in [-0.2, 0) is 11.8 Å². The van der Waals surface area contributed by atoms with Crippen molar-refractivity contribution < 1.29 is 9.59 Å². The fourth-order valence-electron chi connectivity index (χ4n) is 4.47. The van der Waals surface area contributed by atoms with Gasteiger partial charge in [0.15, 0.2) is 0 Å². The van der Waals surface area contributed by atoms with Crippen LogP contribution in [0.1, 0.15) is 31.1 Å². The van der Waals surface area contributed by atoms with Crippen LogP contribution >= 0.6 is 0 Å². The highest BCUT2D eigenvalue weighted by atomic mass is 16.2. The number of aryl methyl sites for hydroxylation is 1. The highest BCUT2D eigenvalue weighted by Crippen LogP contribution is 2.41. The zero-order chi connectivity index (χ0) is 26.9. The first-order valence-corrected chi connectivity index (χ1v) is 12.1. The smallest absolute Gasteiger partial charge is 0.253 e. The molecule has 8 nitrogen and oxygen atoms in total. The van der Waals surface area contributed by atoms with Crippen molar-refractivity contribution in [3.8, 4) is 22.4 Å². The average molecular weight is 497 g/mol. The molecule has 37 heavy (non-hydrogen) atoms. The molecule has 0 saturated carbocycles. The predicted molar refractivity (Wildman–Crippen MR) is 149 cm³/mol. The van der Waals surface area contributed by atoms with Gasteiger partial charge in [0.05, 0.1) is 11.1 Å². The third kappa shape index (κ3) is 5.09. The Kier molecular flexibility index (Phi) is 7.11. The minimum absolute atomic E-state index is 0.0198. The van der Waals surface area contributed by atoms with Gasteiger partial charge in [0.1, 0.15) is 17.8 Å². The number of carbonyl (C=O) groups excluding carboxylic acids is 2. The molecular formula is C29H32N6O2. The molecule has 0 saturated heterocycles. The first-order chi connectivity index (χ1) is 17.6. The number of nitrogens with two attached hydrogens (primary N) is 1. The van der Waals surface area contributed by atoms with Gasteiger partial charge in [-0.05, 0) is 48.2 Å². The Bertz CT molecular complexity index is 1480. The van der Waals surface area contributed by atoms with Crippen molar-refractivity contribution in [3.63, 3.8) is 0 Å². The second-order valence-corrected chi connectivity index (χ2v) is 9.71. The maximum Gasteiger partial charge on any atom is 0.253 e. The Balaban J connectivity index is 1.80. The molecule has 2 amide bonds. The summed E-state index contributed by atoms with van der Waals surface area (Å²) in [5.41, 5.74) is 12.4. The van der Waals surface area contributed by atoms with Gasteiger partial charge in [-0.1, -0.05) is 44.7 Å². The molecule has 3 N–H and O–H groups in total. The van der Waals surface area contributed by atoms with Crippen molar-refractivity contribution in [2.24, 2.45) is 13.0 Å². The molecule has 0 bridgehead atoms. The minimum Gasteiger partial charge on any atom is -0.383 e. The molecule has 2 aromatic heterocycles. The normalized spacial score (nSPS) is 11.1. The zero-order valence-electron chi connectivity index (χ0n) is 21.9. The number of fused-ring (bicyclic) bond motifs is 1. The Hall–Kier alpha value is -4.46. The van der Waals surface area contributed by atoms with E-state index >= 15 is 0 Å². The number of rotatable bonds is 7. The van der Waals surface area contributed by atoms with Gasteiger partial charge >= 0.3 is 0 Å². The SMILES string of the molecule is C=C(C)C(=O)Nc1ccc(-c2c(-c3ccc(C(=O)N(C)CC(C)C)cc3)c3c(N)ncnc3n2C)cc1. The molecular weight excluding hydrogens is 464 g/mol. The second-order valence-electron chi connectivity index (χ2n) is 9.71. The molecule has 0 spiro atoms. The Morgan fingerprint density at radius 3 is 2.27 bits per heavy atom. The molecule has 4 rings (SSSR count). The van der Waals surface area contributed by atoms with Crippen LogP contribution in [-0.4, -0.2) is 44.8 Å². The summed E-state index contributed by atoms with van der Waals surface area (Å²) in [6.45, 7) is 10.2. The van der Waals surface area contributed by atoms with Gasteiger partial charge in [0.25, 0.3) is 11.8 Å². The van der Waals surface area contributed by atoms with Crippen LogP contribution < -0.4 is 11.1 Å². The standard InChI is InChI=1S/C29H32N6O2/c1-17(2)15-34(5)29(37)21-9-7-19(8-10-21)23-24-26(30)31-16-32-27(24)35(6)25(23)20-11-13-22(14-12-20)33-28(36)18(3)4/h7-14,16-17H,3,15H2,1-2,4-6H3,(H,33,36)(H2,30,31,32). The number of hydrogen-bond donors (Lipinski definition) is 2. The zero-order valence-corrected chi connectivity index (χ0v) is 21.9. The van der Waals surface area contributed by atoms with Crippen LogP contribution in [0.2, 0.25) is 0 Å². The molecule has 4 aromatic rings. The quantitative estimate of drug-likeness (QED) is 0.345. The van der Waals surface area contributed by atoms with Gasteiger partial charge in [0, 0.05) is 43.0 Å². The molecule has 0 atom stereocenters. The predicted octanol–water partition coefficient (Wildman–Crippen LogP) is 5.13. The Morgan fingerprint density at radius 1 is 1.05 bits per heavy atom. The largest absolute Gasteiger partial charge is 0.383 e. The molecule has 0 radical (unpaired) electrons. The maximum atomic E-state index is 12.9. The number of aromatic nitrogens is 3. The minimum atomic E-state index is -0.227. The van der Waals surface area contributed by atoms with Gasteiger partial charge in [-0.2, -0.15) is 0 Å². The van der Waals surface area contributed by atoms with Gasteiger partial charge in [-0.15, -0.1) is 0 Å². The highest BCUT2D eigenvalue weighted by Gasteiger charge is 2.22. The number of nitrogens with one attached hydrogen (secondary N) is 1. The molecule has 2 aromatic carbocycles. The topological polar surface area (TPSA) is 106 Å². The third-order valence-electron chi connectivity index (χ3n) is 6.21. The number of hydrogen-bond acceptors (Lipinski definition) is 5. The number of nitrogen functional groups attached to an aromatic ring is 1. The Morgan fingerprint density at radius 2 is 1.68 bits per heavy atom. The summed E-state index contributed by atoms with van der Waals surface area (Å²) < 4.78 is 1.99. The number of amides is 2. The number of anilines is 2. The fourth-order valence-corrected chi connectivity index (χ4v) is 4.47. The lowest BCUT2D eigenvalue weighted by atomic mass is 9.97. The van der Waals surface area contributed by atoms with Crippen LogP contribution in [0, 0.1) is 5.92 Å². The fraction of sp³-hybridized carbons (Fsp3) is 0.241. The van der Waals surface area contributed by atoms with Crippen molar-refractivity contribution in [2.75, 3.05) is 24.6 Å². The van der Waals surface area contributed by atoms with Gasteiger partial charge in [-0.3, -0.25) is 9.59 Å². The lowest BCUT2D eigenvalue weighted by Crippen LogP contribution is -2.30. The van der Waals surface area contributed by atoms with E-state index in [-0.39, 0.29) is 11.8 Å². The van der Waals surface area contributed by atoms with Crippen molar-refractivity contribution >= 4 is 34.4 Å². The first kappa shape index (κ1) is 25.6. The number of benzene rings is 2. The van der Waals surface area contributed by atoms with Crippen LogP contribution in [0.4, 0.5) is 11.5 Å². The summed E-state index contributed by atoms with van der Waals surface area (Å²) in [5.74, 6) is 0.516. The van der Waals surface area contributed by atoms with E-state index < -0.39 is 0 Å². The van der Waals surface area contributed by atoms with Crippen LogP contribution in [0.15, 0.2) is 67.0 Å². The van der Waals surface area contributed by atoms with Crippen LogP contribution in [0.25, 0.3) is 33.4 Å². The summed E-state index contributed by atoms with van der Waals surface area (Å²) >= 11 is 0. The van der Waals surface area contributed by atoms with E-state index in [2.05, 4.69) is 35.7 Å². The van der Waals surface area contributed by atoms with E-state index in [9.17, 15) is 9.59 Å². The summed E-state index contributed by atoms with van der Waals surface area (Å²) in [6, 6.07) is 15.1. The van der Waals surface area contributed by atoms with Crippen molar-refractivity contribution in [2.45, 2.75) is 20.8 Å². The van der Waals surface area contributed by atoms with Gasteiger partial charge in [0.2, 0.25) is 0 Å². The van der Waals surface area contributed by atoms with Gasteiger partial charge < -0.3 is 20.5 Å². The van der Waals surface area contributed by atoms with E-state index in [1.54, 1.807) is 11.8 Å². The van der Waals surface area contributed by atoms with Gasteiger partial charge in [-0.25, -0.2) is 9.97 Å². The van der Waals surface area contributed by atoms with E-state index in [0.29, 0.717) is 40.8 Å².